The van der Waals surface area contributed by atoms with Crippen LogP contribution in [0.2, 0.25) is 0 Å². The van der Waals surface area contributed by atoms with Crippen molar-refractivity contribution in [3.63, 3.8) is 0 Å². The standard InChI is InChI=1S/C25H23N5OS/c1-18-8-15-23(16-19(18)2)30-25(27-28-29-30)32-17-24(31)26-22-13-11-21(12-14-22)10-9-20-6-4-3-5-7-20/h3-16H,17H2,1-2H3,(H,26,31)/b10-9+. The van der Waals surface area contributed by atoms with Crippen LogP contribution in [0, 0.1) is 13.8 Å². The zero-order chi connectivity index (χ0) is 22.3. The number of benzene rings is 3. The van der Waals surface area contributed by atoms with Gasteiger partial charge in [-0.25, -0.2) is 0 Å². The van der Waals surface area contributed by atoms with Gasteiger partial charge in [-0.05, 0) is 70.8 Å². The smallest absolute Gasteiger partial charge is 0.234 e. The highest BCUT2D eigenvalue weighted by atomic mass is 32.2. The van der Waals surface area contributed by atoms with Gasteiger partial charge in [0, 0.05) is 5.69 Å². The molecule has 0 radical (unpaired) electrons. The molecule has 1 heterocycles. The SMILES string of the molecule is Cc1ccc(-n2nnnc2SCC(=O)Nc2ccc(/C=C/c3ccccc3)cc2)cc1C. The Bertz CT molecular complexity index is 1230. The Hall–Kier alpha value is -3.71. The number of carbonyl (C=O) groups is 1. The van der Waals surface area contributed by atoms with Crippen LogP contribution in [0.4, 0.5) is 5.69 Å². The molecule has 7 heteroatoms. The number of nitrogens with one attached hydrogen (secondary N) is 1. The maximum Gasteiger partial charge on any atom is 0.234 e. The molecular weight excluding hydrogens is 418 g/mol. The van der Waals surface area contributed by atoms with Crippen LogP contribution in [-0.2, 0) is 4.79 Å². The predicted octanol–water partition coefficient (Wildman–Crippen LogP) is 5.18. The zero-order valence-corrected chi connectivity index (χ0v) is 18.7. The van der Waals surface area contributed by atoms with E-state index in [1.165, 1.54) is 17.3 Å². The van der Waals surface area contributed by atoms with Crippen molar-refractivity contribution >= 4 is 35.5 Å². The van der Waals surface area contributed by atoms with Crippen LogP contribution < -0.4 is 5.32 Å². The lowest BCUT2D eigenvalue weighted by molar-refractivity contribution is -0.113. The topological polar surface area (TPSA) is 72.7 Å². The Balaban J connectivity index is 1.33. The van der Waals surface area contributed by atoms with Crippen LogP contribution in [0.25, 0.3) is 17.8 Å². The van der Waals surface area contributed by atoms with Gasteiger partial charge in [-0.3, -0.25) is 4.79 Å². The third-order valence-corrected chi connectivity index (χ3v) is 5.89. The van der Waals surface area contributed by atoms with Crippen molar-refractivity contribution in [2.75, 3.05) is 11.1 Å². The highest BCUT2D eigenvalue weighted by molar-refractivity contribution is 7.99. The van der Waals surface area contributed by atoms with Crippen LogP contribution in [-0.4, -0.2) is 31.9 Å². The molecule has 1 amide bonds. The van der Waals surface area contributed by atoms with Crippen LogP contribution in [0.15, 0.2) is 78.0 Å². The van der Waals surface area contributed by atoms with Gasteiger partial charge in [0.25, 0.3) is 0 Å². The maximum atomic E-state index is 12.4. The summed E-state index contributed by atoms with van der Waals surface area (Å²) in [6.45, 7) is 4.11. The molecular formula is C25H23N5OS. The minimum Gasteiger partial charge on any atom is -0.325 e. The summed E-state index contributed by atoms with van der Waals surface area (Å²) in [7, 11) is 0. The molecule has 0 spiro atoms. The second kappa shape index (κ2) is 10.1. The molecule has 0 bridgehead atoms. The fraction of sp³-hybridized carbons (Fsp3) is 0.120. The van der Waals surface area contributed by atoms with Crippen molar-refractivity contribution in [1.29, 1.82) is 0 Å². The molecule has 0 unspecified atom stereocenters. The molecule has 6 nitrogen and oxygen atoms in total. The van der Waals surface area contributed by atoms with E-state index in [0.717, 1.165) is 28.1 Å². The molecule has 0 fully saturated rings. The lowest BCUT2D eigenvalue weighted by atomic mass is 10.1. The molecule has 1 aromatic heterocycles. The van der Waals surface area contributed by atoms with Gasteiger partial charge in [0.15, 0.2) is 0 Å². The van der Waals surface area contributed by atoms with E-state index in [2.05, 4.69) is 46.0 Å². The lowest BCUT2D eigenvalue weighted by Gasteiger charge is -2.07. The van der Waals surface area contributed by atoms with Crippen molar-refractivity contribution in [1.82, 2.24) is 20.2 Å². The third-order valence-electron chi connectivity index (χ3n) is 4.97. The van der Waals surface area contributed by atoms with Crippen LogP contribution in [0.1, 0.15) is 22.3 Å². The highest BCUT2D eigenvalue weighted by Crippen LogP contribution is 2.21. The molecule has 4 rings (SSSR count). The second-order valence-electron chi connectivity index (χ2n) is 7.34. The van der Waals surface area contributed by atoms with Crippen molar-refractivity contribution in [2.24, 2.45) is 0 Å². The normalized spacial score (nSPS) is 11.1. The first-order chi connectivity index (χ1) is 15.6. The van der Waals surface area contributed by atoms with Gasteiger partial charge in [-0.2, -0.15) is 4.68 Å². The average molecular weight is 442 g/mol. The molecule has 0 aliphatic rings. The first-order valence-electron chi connectivity index (χ1n) is 10.2. The van der Waals surface area contributed by atoms with Gasteiger partial charge in [0.1, 0.15) is 0 Å². The van der Waals surface area contributed by atoms with Gasteiger partial charge in [0.05, 0.1) is 11.4 Å². The number of hydrogen-bond donors (Lipinski definition) is 1. The number of carbonyl (C=O) groups excluding carboxylic acids is 1. The number of amides is 1. The first kappa shape index (κ1) is 21.5. The number of aryl methyl sites for hydroxylation is 2. The van der Waals surface area contributed by atoms with E-state index in [4.69, 9.17) is 0 Å². The van der Waals surface area contributed by atoms with Gasteiger partial charge in [-0.1, -0.05) is 72.4 Å². The number of rotatable bonds is 7. The summed E-state index contributed by atoms with van der Waals surface area (Å²) in [6, 6.07) is 23.9. The minimum atomic E-state index is -0.114. The third kappa shape index (κ3) is 5.50. The molecule has 0 aliphatic heterocycles. The van der Waals surface area contributed by atoms with E-state index in [-0.39, 0.29) is 11.7 Å². The largest absolute Gasteiger partial charge is 0.325 e. The monoisotopic (exact) mass is 441 g/mol. The number of hydrogen-bond acceptors (Lipinski definition) is 5. The summed E-state index contributed by atoms with van der Waals surface area (Å²) in [5.41, 5.74) is 6.20. The maximum absolute atomic E-state index is 12.4. The summed E-state index contributed by atoms with van der Waals surface area (Å²) in [6.07, 6.45) is 4.10. The Morgan fingerprint density at radius 1 is 0.938 bits per heavy atom. The average Bonchev–Trinajstić information content (AvgIpc) is 3.28. The second-order valence-corrected chi connectivity index (χ2v) is 8.29. The van der Waals surface area contributed by atoms with E-state index in [9.17, 15) is 4.79 Å². The molecule has 0 saturated carbocycles. The number of anilines is 1. The molecule has 3 aromatic carbocycles. The Morgan fingerprint density at radius 3 is 2.38 bits per heavy atom. The molecule has 4 aromatic rings. The summed E-state index contributed by atoms with van der Waals surface area (Å²) in [4.78, 5) is 12.4. The van der Waals surface area contributed by atoms with Gasteiger partial charge >= 0.3 is 0 Å². The molecule has 0 aliphatic carbocycles. The van der Waals surface area contributed by atoms with E-state index in [0.29, 0.717) is 5.16 Å². The summed E-state index contributed by atoms with van der Waals surface area (Å²) in [5, 5.41) is 15.4. The Labute approximate surface area is 191 Å². The summed E-state index contributed by atoms with van der Waals surface area (Å²) >= 11 is 1.30. The first-order valence-corrected chi connectivity index (χ1v) is 11.2. The molecule has 1 N–H and O–H groups in total. The van der Waals surface area contributed by atoms with Crippen molar-refractivity contribution in [2.45, 2.75) is 19.0 Å². The van der Waals surface area contributed by atoms with Gasteiger partial charge in [0.2, 0.25) is 11.1 Å². The van der Waals surface area contributed by atoms with E-state index in [1.54, 1.807) is 4.68 Å². The molecule has 0 atom stereocenters. The minimum absolute atomic E-state index is 0.114. The fourth-order valence-corrected chi connectivity index (χ4v) is 3.74. The van der Waals surface area contributed by atoms with Gasteiger partial charge < -0.3 is 5.32 Å². The summed E-state index contributed by atoms with van der Waals surface area (Å²) in [5.74, 6) is 0.0955. The van der Waals surface area contributed by atoms with Crippen LogP contribution in [0.3, 0.4) is 0 Å². The van der Waals surface area contributed by atoms with Crippen LogP contribution >= 0.6 is 11.8 Å². The fourth-order valence-electron chi connectivity index (χ4n) is 3.05. The molecule has 0 saturated heterocycles. The van der Waals surface area contributed by atoms with E-state index < -0.39 is 0 Å². The quantitative estimate of drug-likeness (QED) is 0.316. The van der Waals surface area contributed by atoms with Crippen LogP contribution in [0.5, 0.6) is 0 Å². The zero-order valence-electron chi connectivity index (χ0n) is 17.9. The van der Waals surface area contributed by atoms with Crippen molar-refractivity contribution in [3.05, 3.63) is 95.1 Å². The highest BCUT2D eigenvalue weighted by Gasteiger charge is 2.12. The predicted molar refractivity (Wildman–Crippen MR) is 130 cm³/mol. The number of thioether (sulfide) groups is 1. The Kier molecular flexibility index (Phi) is 6.77. The van der Waals surface area contributed by atoms with E-state index >= 15 is 0 Å². The molecule has 32 heavy (non-hydrogen) atoms. The number of aromatic nitrogens is 4. The van der Waals surface area contributed by atoms with Gasteiger partial charge in [-0.15, -0.1) is 5.10 Å². The van der Waals surface area contributed by atoms with Crippen molar-refractivity contribution in [3.8, 4) is 5.69 Å². The van der Waals surface area contributed by atoms with Crippen molar-refractivity contribution < 1.29 is 4.79 Å². The number of tetrazole rings is 1. The number of nitrogens with zero attached hydrogens (tertiary/aromatic N) is 4. The lowest BCUT2D eigenvalue weighted by Crippen LogP contribution is -2.14. The summed E-state index contributed by atoms with van der Waals surface area (Å²) < 4.78 is 1.65. The molecule has 160 valence electrons. The Morgan fingerprint density at radius 2 is 1.66 bits per heavy atom. The van der Waals surface area contributed by atoms with E-state index in [1.807, 2.05) is 73.7 Å².